The van der Waals surface area contributed by atoms with E-state index < -0.39 is 0 Å². The van der Waals surface area contributed by atoms with Crippen LogP contribution in [0.2, 0.25) is 0 Å². The average Bonchev–Trinajstić information content (AvgIpc) is 3.64. The molecule has 0 radical (unpaired) electrons. The number of hydrogen-bond donors (Lipinski definition) is 1. The molecule has 6 heteroatoms. The Morgan fingerprint density at radius 3 is 2.67 bits per heavy atom. The molecular weight excluding hydrogens is 382 g/mol. The fourth-order valence-electron chi connectivity index (χ4n) is 5.01. The van der Waals surface area contributed by atoms with Gasteiger partial charge >= 0.3 is 5.97 Å². The molecule has 0 amide bonds. The fourth-order valence-corrected chi connectivity index (χ4v) is 5.01. The molecule has 6 nitrogen and oxygen atoms in total. The minimum absolute atomic E-state index is 0.0409. The van der Waals surface area contributed by atoms with E-state index in [-0.39, 0.29) is 47.9 Å². The summed E-state index contributed by atoms with van der Waals surface area (Å²) in [5.74, 6) is -0.237. The van der Waals surface area contributed by atoms with Crippen LogP contribution in [0.25, 0.3) is 0 Å². The van der Waals surface area contributed by atoms with Crippen LogP contribution >= 0.6 is 0 Å². The minimum Gasteiger partial charge on any atom is -0.458 e. The zero-order chi connectivity index (χ0) is 21.4. The molecule has 4 rings (SSSR count). The van der Waals surface area contributed by atoms with E-state index in [4.69, 9.17) is 18.9 Å². The Bertz CT molecular complexity index is 786. The van der Waals surface area contributed by atoms with E-state index in [9.17, 15) is 4.79 Å². The molecule has 1 aliphatic carbocycles. The van der Waals surface area contributed by atoms with Gasteiger partial charge in [0, 0.05) is 12.8 Å². The first-order valence-corrected chi connectivity index (χ1v) is 10.8. The van der Waals surface area contributed by atoms with E-state index in [2.05, 4.69) is 32.2 Å². The third-order valence-electron chi connectivity index (χ3n) is 6.73. The number of benzene rings is 1. The summed E-state index contributed by atoms with van der Waals surface area (Å²) >= 11 is 0. The third kappa shape index (κ3) is 4.27. The summed E-state index contributed by atoms with van der Waals surface area (Å²) in [7, 11) is 1.69. The molecule has 30 heavy (non-hydrogen) atoms. The van der Waals surface area contributed by atoms with Gasteiger partial charge in [-0.15, -0.1) is 0 Å². The van der Waals surface area contributed by atoms with E-state index >= 15 is 0 Å². The van der Waals surface area contributed by atoms with Crippen molar-refractivity contribution < 1.29 is 23.7 Å². The highest BCUT2D eigenvalue weighted by atomic mass is 16.6. The lowest BCUT2D eigenvalue weighted by Crippen LogP contribution is -2.55. The number of epoxide rings is 2. The highest BCUT2D eigenvalue weighted by molar-refractivity contribution is 5.75. The molecule has 0 aromatic heterocycles. The SMILES string of the molecule is COC1C(OC(=O)CNc2ccccc2)CCC2(CO2)C1C1(C)OC1CC=C(C)C. The Balaban J connectivity index is 1.41. The van der Waals surface area contributed by atoms with Gasteiger partial charge in [0.2, 0.25) is 0 Å². The summed E-state index contributed by atoms with van der Waals surface area (Å²) in [4.78, 5) is 12.5. The van der Waals surface area contributed by atoms with Gasteiger partial charge in [0.25, 0.3) is 0 Å². The summed E-state index contributed by atoms with van der Waals surface area (Å²) in [6.45, 7) is 7.20. The second-order valence-electron chi connectivity index (χ2n) is 9.13. The predicted octanol–water partition coefficient (Wildman–Crippen LogP) is 3.72. The average molecular weight is 416 g/mol. The van der Waals surface area contributed by atoms with Crippen molar-refractivity contribution in [2.24, 2.45) is 5.92 Å². The number of allylic oxidation sites excluding steroid dienone is 1. The maximum Gasteiger partial charge on any atom is 0.325 e. The van der Waals surface area contributed by atoms with Crippen molar-refractivity contribution in [3.63, 3.8) is 0 Å². The monoisotopic (exact) mass is 415 g/mol. The van der Waals surface area contributed by atoms with Gasteiger partial charge in [0.1, 0.15) is 30.0 Å². The molecular formula is C24H33NO5. The van der Waals surface area contributed by atoms with Crippen molar-refractivity contribution in [2.45, 2.75) is 69.5 Å². The molecule has 1 N–H and O–H groups in total. The van der Waals surface area contributed by atoms with Crippen LogP contribution in [0.5, 0.6) is 0 Å². The lowest BCUT2D eigenvalue weighted by molar-refractivity contribution is -0.170. The maximum atomic E-state index is 12.5. The fraction of sp³-hybridized carbons (Fsp3) is 0.625. The summed E-state index contributed by atoms with van der Waals surface area (Å²) < 4.78 is 24.0. The first-order chi connectivity index (χ1) is 14.4. The van der Waals surface area contributed by atoms with Gasteiger partial charge in [0.05, 0.1) is 18.6 Å². The molecule has 3 aliphatic rings. The second kappa shape index (κ2) is 8.33. The van der Waals surface area contributed by atoms with Gasteiger partial charge in [-0.1, -0.05) is 29.8 Å². The Morgan fingerprint density at radius 2 is 2.03 bits per heavy atom. The van der Waals surface area contributed by atoms with Crippen LogP contribution in [0.15, 0.2) is 42.0 Å². The molecule has 164 valence electrons. The molecule has 2 heterocycles. The van der Waals surface area contributed by atoms with Crippen LogP contribution in [0, 0.1) is 5.92 Å². The quantitative estimate of drug-likeness (QED) is 0.396. The highest BCUT2D eigenvalue weighted by Gasteiger charge is 2.72. The van der Waals surface area contributed by atoms with E-state index in [0.29, 0.717) is 0 Å². The minimum atomic E-state index is -0.323. The van der Waals surface area contributed by atoms with Crippen molar-refractivity contribution in [1.29, 1.82) is 0 Å². The summed E-state index contributed by atoms with van der Waals surface area (Å²) in [5, 5.41) is 3.11. The molecule has 6 unspecified atom stereocenters. The van der Waals surface area contributed by atoms with E-state index in [1.807, 2.05) is 30.3 Å². The Kier molecular flexibility index (Phi) is 5.93. The molecule has 0 bridgehead atoms. The van der Waals surface area contributed by atoms with Gasteiger partial charge in [-0.05, 0) is 52.2 Å². The van der Waals surface area contributed by atoms with Crippen LogP contribution in [0.3, 0.4) is 0 Å². The topological polar surface area (TPSA) is 72.6 Å². The number of rotatable bonds is 8. The Labute approximate surface area is 178 Å². The Hall–Kier alpha value is -1.89. The molecule has 2 aliphatic heterocycles. The van der Waals surface area contributed by atoms with Crippen molar-refractivity contribution >= 4 is 11.7 Å². The molecule has 2 saturated heterocycles. The molecule has 1 aromatic rings. The standard InChI is InChI=1S/C24H33NO5/c1-16(2)10-11-19-23(3,30-19)22-21(27-4)18(12-13-24(22)15-28-24)29-20(26)14-25-17-8-6-5-7-9-17/h5-10,18-19,21-22,25H,11-15H2,1-4H3. The van der Waals surface area contributed by atoms with E-state index in [1.54, 1.807) is 7.11 Å². The second-order valence-corrected chi connectivity index (χ2v) is 9.13. The molecule has 6 atom stereocenters. The zero-order valence-electron chi connectivity index (χ0n) is 18.4. The predicted molar refractivity (Wildman–Crippen MR) is 114 cm³/mol. The van der Waals surface area contributed by atoms with Crippen LogP contribution in [-0.2, 0) is 23.7 Å². The van der Waals surface area contributed by atoms with Crippen LogP contribution in [-0.4, -0.2) is 55.7 Å². The molecule has 1 spiro atoms. The number of methoxy groups -OCH3 is 1. The zero-order valence-corrected chi connectivity index (χ0v) is 18.4. The Morgan fingerprint density at radius 1 is 1.30 bits per heavy atom. The van der Waals surface area contributed by atoms with Gasteiger partial charge in [-0.25, -0.2) is 0 Å². The molecule has 1 saturated carbocycles. The third-order valence-corrected chi connectivity index (χ3v) is 6.73. The van der Waals surface area contributed by atoms with Gasteiger partial charge < -0.3 is 24.3 Å². The van der Waals surface area contributed by atoms with Crippen molar-refractivity contribution in [2.75, 3.05) is 25.6 Å². The number of nitrogens with one attached hydrogen (secondary N) is 1. The van der Waals surface area contributed by atoms with Crippen molar-refractivity contribution in [3.05, 3.63) is 42.0 Å². The highest BCUT2D eigenvalue weighted by Crippen LogP contribution is 2.59. The van der Waals surface area contributed by atoms with Crippen LogP contribution in [0.1, 0.15) is 40.0 Å². The van der Waals surface area contributed by atoms with Crippen molar-refractivity contribution in [1.82, 2.24) is 0 Å². The van der Waals surface area contributed by atoms with Crippen LogP contribution < -0.4 is 5.32 Å². The first kappa shape index (κ1) is 21.3. The van der Waals surface area contributed by atoms with E-state index in [0.717, 1.165) is 31.6 Å². The summed E-state index contributed by atoms with van der Waals surface area (Å²) in [6, 6.07) is 9.65. The van der Waals surface area contributed by atoms with Crippen LogP contribution in [0.4, 0.5) is 5.69 Å². The smallest absolute Gasteiger partial charge is 0.325 e. The van der Waals surface area contributed by atoms with Gasteiger partial charge in [0.15, 0.2) is 0 Å². The number of carbonyl (C=O) groups excluding carboxylic acids is 1. The largest absolute Gasteiger partial charge is 0.458 e. The number of hydrogen-bond acceptors (Lipinski definition) is 6. The summed E-state index contributed by atoms with van der Waals surface area (Å²) in [5.41, 5.74) is 1.65. The van der Waals surface area contributed by atoms with Crippen molar-refractivity contribution in [3.8, 4) is 0 Å². The number of ether oxygens (including phenoxy) is 4. The first-order valence-electron chi connectivity index (χ1n) is 10.8. The number of anilines is 1. The number of para-hydroxylation sites is 1. The van der Waals surface area contributed by atoms with Gasteiger partial charge in [-0.3, -0.25) is 4.79 Å². The number of carbonyl (C=O) groups is 1. The number of esters is 1. The normalized spacial score (nSPS) is 36.8. The maximum absolute atomic E-state index is 12.5. The molecule has 1 aromatic carbocycles. The van der Waals surface area contributed by atoms with E-state index in [1.165, 1.54) is 5.57 Å². The lowest BCUT2D eigenvalue weighted by Gasteiger charge is -2.42. The van der Waals surface area contributed by atoms with Gasteiger partial charge in [-0.2, -0.15) is 0 Å². The lowest BCUT2D eigenvalue weighted by atomic mass is 9.68. The summed E-state index contributed by atoms with van der Waals surface area (Å²) in [6.07, 6.45) is 4.29. The molecule has 3 fully saturated rings.